The molecule has 0 aliphatic carbocycles. The minimum atomic E-state index is -3.35. The summed E-state index contributed by atoms with van der Waals surface area (Å²) in [5.41, 5.74) is 0. The molecule has 1 aromatic heterocycles. The van der Waals surface area contributed by atoms with Crippen molar-refractivity contribution in [3.8, 4) is 0 Å². The van der Waals surface area contributed by atoms with Gasteiger partial charge in [0.05, 0.1) is 11.7 Å². The summed E-state index contributed by atoms with van der Waals surface area (Å²) in [6, 6.07) is -0.267. The van der Waals surface area contributed by atoms with Crippen LogP contribution in [0.1, 0.15) is 38.1 Å². The number of imidazole rings is 1. The van der Waals surface area contributed by atoms with Crippen molar-refractivity contribution >= 4 is 15.9 Å². The summed E-state index contributed by atoms with van der Waals surface area (Å²) in [6.45, 7) is 3.91. The van der Waals surface area contributed by atoms with Gasteiger partial charge in [0.15, 0.2) is 0 Å². The summed E-state index contributed by atoms with van der Waals surface area (Å²) in [4.78, 5) is 19.2. The molecule has 0 saturated carbocycles. The number of aromatic nitrogens is 2. The summed E-state index contributed by atoms with van der Waals surface area (Å²) in [5.74, 6) is 0.418. The molecule has 25 heavy (non-hydrogen) atoms. The molecule has 3 heterocycles. The van der Waals surface area contributed by atoms with Gasteiger partial charge in [0.2, 0.25) is 15.9 Å². The van der Waals surface area contributed by atoms with E-state index in [-0.39, 0.29) is 29.7 Å². The lowest BCUT2D eigenvalue weighted by molar-refractivity contribution is -0.138. The van der Waals surface area contributed by atoms with E-state index in [1.165, 1.54) is 7.05 Å². The van der Waals surface area contributed by atoms with Crippen molar-refractivity contribution in [2.75, 3.05) is 26.0 Å². The van der Waals surface area contributed by atoms with E-state index in [1.54, 1.807) is 11.1 Å². The first-order valence-corrected chi connectivity index (χ1v) is 10.5. The Labute approximate surface area is 148 Å². The first-order valence-electron chi connectivity index (χ1n) is 8.81. The second-order valence-electron chi connectivity index (χ2n) is 6.57. The van der Waals surface area contributed by atoms with Gasteiger partial charge >= 0.3 is 0 Å². The van der Waals surface area contributed by atoms with E-state index in [1.807, 2.05) is 17.7 Å². The standard InChI is InChI=1S/C16H26N4O4S/c1-3-19-9-7-18-15(19)14-13(6-10-24-14)16(21)20-8-4-5-12(20)11-25(22,23)17-2/h7,9,12-14,17H,3-6,8,10-11H2,1-2H3/t12?,13-,14-/m1/s1. The molecule has 2 aliphatic heterocycles. The van der Waals surface area contributed by atoms with E-state index in [0.717, 1.165) is 18.8 Å². The van der Waals surface area contributed by atoms with Crippen molar-refractivity contribution < 1.29 is 17.9 Å². The van der Waals surface area contributed by atoms with Crippen LogP contribution in [0, 0.1) is 5.92 Å². The zero-order valence-corrected chi connectivity index (χ0v) is 15.5. The summed E-state index contributed by atoms with van der Waals surface area (Å²) in [6.07, 6.45) is 5.44. The molecule has 1 N–H and O–H groups in total. The summed E-state index contributed by atoms with van der Waals surface area (Å²) in [7, 11) is -1.95. The number of carbonyl (C=O) groups is 1. The van der Waals surface area contributed by atoms with Crippen LogP contribution in [0.4, 0.5) is 0 Å². The van der Waals surface area contributed by atoms with Crippen LogP contribution in [0.3, 0.4) is 0 Å². The van der Waals surface area contributed by atoms with Crippen LogP contribution in [0.15, 0.2) is 12.4 Å². The number of amides is 1. The van der Waals surface area contributed by atoms with E-state index in [9.17, 15) is 13.2 Å². The molecule has 3 rings (SSSR count). The normalized spacial score (nSPS) is 27.1. The topological polar surface area (TPSA) is 93.5 Å². The third kappa shape index (κ3) is 3.73. The molecule has 1 amide bonds. The number of ether oxygens (including phenoxy) is 1. The molecule has 1 unspecified atom stereocenters. The molecule has 0 bridgehead atoms. The van der Waals surface area contributed by atoms with Gasteiger partial charge in [-0.2, -0.15) is 0 Å². The average Bonchev–Trinajstić information content (AvgIpc) is 3.33. The van der Waals surface area contributed by atoms with E-state index in [4.69, 9.17) is 4.74 Å². The molecule has 0 radical (unpaired) electrons. The minimum Gasteiger partial charge on any atom is -0.369 e. The molecule has 0 aromatic carbocycles. The molecule has 3 atom stereocenters. The second kappa shape index (κ2) is 7.43. The van der Waals surface area contributed by atoms with E-state index in [0.29, 0.717) is 26.0 Å². The summed E-state index contributed by atoms with van der Waals surface area (Å²) >= 11 is 0. The number of carbonyl (C=O) groups excluding carboxylic acids is 1. The van der Waals surface area contributed by atoms with E-state index in [2.05, 4.69) is 9.71 Å². The molecular formula is C16H26N4O4S. The van der Waals surface area contributed by atoms with Crippen LogP contribution in [0.5, 0.6) is 0 Å². The number of nitrogens with zero attached hydrogens (tertiary/aromatic N) is 3. The van der Waals surface area contributed by atoms with Gasteiger partial charge in [0, 0.05) is 38.1 Å². The Morgan fingerprint density at radius 2 is 2.24 bits per heavy atom. The maximum Gasteiger partial charge on any atom is 0.229 e. The molecular weight excluding hydrogens is 344 g/mol. The Morgan fingerprint density at radius 1 is 1.44 bits per heavy atom. The first kappa shape index (κ1) is 18.3. The smallest absolute Gasteiger partial charge is 0.229 e. The zero-order chi connectivity index (χ0) is 18.0. The molecule has 140 valence electrons. The Bertz CT molecular complexity index is 717. The molecule has 2 fully saturated rings. The van der Waals surface area contributed by atoms with Crippen molar-refractivity contribution in [1.29, 1.82) is 0 Å². The molecule has 1 aromatic rings. The van der Waals surface area contributed by atoms with E-state index >= 15 is 0 Å². The Kier molecular flexibility index (Phi) is 5.45. The highest BCUT2D eigenvalue weighted by Gasteiger charge is 2.43. The van der Waals surface area contributed by atoms with Crippen molar-refractivity contribution in [2.45, 2.75) is 44.9 Å². The molecule has 2 saturated heterocycles. The highest BCUT2D eigenvalue weighted by Crippen LogP contribution is 2.36. The number of hydrogen-bond acceptors (Lipinski definition) is 5. The van der Waals surface area contributed by atoms with Gasteiger partial charge in [-0.05, 0) is 33.2 Å². The fourth-order valence-corrected chi connectivity index (χ4v) is 4.81. The fourth-order valence-electron chi connectivity index (χ4n) is 3.79. The van der Waals surface area contributed by atoms with Crippen LogP contribution in [-0.4, -0.2) is 60.8 Å². The third-order valence-corrected chi connectivity index (χ3v) is 6.58. The van der Waals surface area contributed by atoms with Gasteiger partial charge in [-0.25, -0.2) is 18.1 Å². The second-order valence-corrected chi connectivity index (χ2v) is 8.54. The Morgan fingerprint density at radius 3 is 2.96 bits per heavy atom. The number of rotatable bonds is 6. The first-order chi connectivity index (χ1) is 12.0. The number of sulfonamides is 1. The van der Waals surface area contributed by atoms with Crippen molar-refractivity contribution in [1.82, 2.24) is 19.2 Å². The van der Waals surface area contributed by atoms with Crippen molar-refractivity contribution in [3.05, 3.63) is 18.2 Å². The highest BCUT2D eigenvalue weighted by molar-refractivity contribution is 7.89. The monoisotopic (exact) mass is 370 g/mol. The quantitative estimate of drug-likeness (QED) is 0.788. The highest BCUT2D eigenvalue weighted by atomic mass is 32.2. The summed E-state index contributed by atoms with van der Waals surface area (Å²) < 4.78 is 33.9. The number of nitrogens with one attached hydrogen (secondary N) is 1. The Balaban J connectivity index is 1.77. The van der Waals surface area contributed by atoms with Gasteiger partial charge in [-0.1, -0.05) is 0 Å². The maximum atomic E-state index is 13.1. The SMILES string of the molecule is CCn1ccnc1[C@@H]1OCC[C@H]1C(=O)N1CCCC1CS(=O)(=O)NC. The molecule has 0 spiro atoms. The molecule has 9 heteroatoms. The zero-order valence-electron chi connectivity index (χ0n) is 14.7. The lowest BCUT2D eigenvalue weighted by Gasteiger charge is -2.29. The number of hydrogen-bond donors (Lipinski definition) is 1. The van der Waals surface area contributed by atoms with Crippen LogP contribution in [-0.2, 0) is 26.1 Å². The predicted octanol–water partition coefficient (Wildman–Crippen LogP) is 0.521. The van der Waals surface area contributed by atoms with E-state index < -0.39 is 10.0 Å². The molecule has 2 aliphatic rings. The fraction of sp³-hybridized carbons (Fsp3) is 0.750. The minimum absolute atomic E-state index is 0.0121. The predicted molar refractivity (Wildman–Crippen MR) is 92.3 cm³/mol. The van der Waals surface area contributed by atoms with Crippen LogP contribution >= 0.6 is 0 Å². The lowest BCUT2D eigenvalue weighted by Crippen LogP contribution is -2.45. The maximum absolute atomic E-state index is 13.1. The van der Waals surface area contributed by atoms with Gasteiger partial charge in [0.25, 0.3) is 0 Å². The number of likely N-dealkylation sites (tertiary alicyclic amines) is 1. The van der Waals surface area contributed by atoms with Crippen molar-refractivity contribution in [3.63, 3.8) is 0 Å². The van der Waals surface area contributed by atoms with Gasteiger partial charge in [0.1, 0.15) is 11.9 Å². The van der Waals surface area contributed by atoms with Crippen molar-refractivity contribution in [2.24, 2.45) is 5.92 Å². The third-order valence-electron chi connectivity index (χ3n) is 5.13. The average molecular weight is 370 g/mol. The van der Waals surface area contributed by atoms with Crippen LogP contribution in [0.25, 0.3) is 0 Å². The van der Waals surface area contributed by atoms with Crippen LogP contribution < -0.4 is 4.72 Å². The van der Waals surface area contributed by atoms with Crippen LogP contribution in [0.2, 0.25) is 0 Å². The summed E-state index contributed by atoms with van der Waals surface area (Å²) in [5, 5.41) is 0. The van der Waals surface area contributed by atoms with Gasteiger partial charge < -0.3 is 14.2 Å². The van der Waals surface area contributed by atoms with Gasteiger partial charge in [-0.15, -0.1) is 0 Å². The Hall–Kier alpha value is -1.45. The lowest BCUT2D eigenvalue weighted by atomic mass is 9.98. The molecule has 8 nitrogen and oxygen atoms in total. The van der Waals surface area contributed by atoms with Gasteiger partial charge in [-0.3, -0.25) is 4.79 Å². The largest absolute Gasteiger partial charge is 0.369 e. The number of aryl methyl sites for hydroxylation is 1.